The Morgan fingerprint density at radius 2 is 2.20 bits per heavy atom. The molecule has 0 aliphatic carbocycles. The predicted octanol–water partition coefficient (Wildman–Crippen LogP) is 2.72. The molecule has 4 nitrogen and oxygen atoms in total. The Morgan fingerprint density at radius 3 is 2.95 bits per heavy atom. The molecule has 2 rings (SSSR count). The maximum absolute atomic E-state index is 4.66. The van der Waals surface area contributed by atoms with Crippen LogP contribution in [0.1, 0.15) is 24.7 Å². The van der Waals surface area contributed by atoms with Crippen LogP contribution in [0.4, 0.5) is 5.13 Å². The minimum Gasteiger partial charge on any atom is -0.351 e. The molecule has 2 heterocycles. The van der Waals surface area contributed by atoms with Gasteiger partial charge in [-0.1, -0.05) is 13.0 Å². The van der Waals surface area contributed by atoms with E-state index in [9.17, 15) is 0 Å². The van der Waals surface area contributed by atoms with Crippen molar-refractivity contribution in [2.45, 2.75) is 26.3 Å². The molecule has 0 aromatic carbocycles. The Kier molecular flexibility index (Phi) is 5.95. The summed E-state index contributed by atoms with van der Waals surface area (Å²) in [5.41, 5.74) is 2.25. The first-order valence-electron chi connectivity index (χ1n) is 7.05. The van der Waals surface area contributed by atoms with Gasteiger partial charge in [-0.15, -0.1) is 11.3 Å². The lowest BCUT2D eigenvalue weighted by Gasteiger charge is -2.15. The van der Waals surface area contributed by atoms with Crippen molar-refractivity contribution in [2.75, 3.05) is 25.0 Å². The van der Waals surface area contributed by atoms with Gasteiger partial charge >= 0.3 is 0 Å². The smallest absolute Gasteiger partial charge is 0.185 e. The highest BCUT2D eigenvalue weighted by Crippen LogP contribution is 2.19. The summed E-state index contributed by atoms with van der Waals surface area (Å²) in [5.74, 6) is 0. The van der Waals surface area contributed by atoms with E-state index in [1.165, 1.54) is 0 Å². The molecule has 1 N–H and O–H groups in total. The van der Waals surface area contributed by atoms with Crippen LogP contribution in [0.25, 0.3) is 0 Å². The number of anilines is 1. The van der Waals surface area contributed by atoms with Crippen LogP contribution >= 0.6 is 11.3 Å². The van der Waals surface area contributed by atoms with Crippen molar-refractivity contribution in [2.24, 2.45) is 0 Å². The molecule has 0 saturated heterocycles. The summed E-state index contributed by atoms with van der Waals surface area (Å²) < 4.78 is 0. The Morgan fingerprint density at radius 1 is 1.30 bits per heavy atom. The quantitative estimate of drug-likeness (QED) is 0.759. The third-order valence-electron chi connectivity index (χ3n) is 3.03. The van der Waals surface area contributed by atoms with Crippen molar-refractivity contribution >= 4 is 16.5 Å². The maximum Gasteiger partial charge on any atom is 0.185 e. The first kappa shape index (κ1) is 14.9. The second kappa shape index (κ2) is 7.97. The average molecular weight is 290 g/mol. The first-order valence-corrected chi connectivity index (χ1v) is 7.93. The van der Waals surface area contributed by atoms with Crippen LogP contribution in [-0.2, 0) is 13.0 Å². The normalized spacial score (nSPS) is 10.7. The molecule has 0 fully saturated rings. The van der Waals surface area contributed by atoms with E-state index in [1.807, 2.05) is 18.3 Å². The van der Waals surface area contributed by atoms with Crippen molar-refractivity contribution in [3.63, 3.8) is 0 Å². The molecular formula is C15H22N4S. The average Bonchev–Trinajstić information content (AvgIpc) is 2.95. The molecule has 0 spiro atoms. The highest BCUT2D eigenvalue weighted by atomic mass is 32.1. The lowest BCUT2D eigenvalue weighted by molar-refractivity contribution is 0.666. The van der Waals surface area contributed by atoms with Crippen molar-refractivity contribution in [1.29, 1.82) is 0 Å². The number of hydrogen-bond donors (Lipinski definition) is 1. The number of thiazole rings is 1. The van der Waals surface area contributed by atoms with Crippen LogP contribution in [-0.4, -0.2) is 30.1 Å². The van der Waals surface area contributed by atoms with Crippen LogP contribution in [0, 0.1) is 0 Å². The number of nitrogens with one attached hydrogen (secondary N) is 1. The topological polar surface area (TPSA) is 41.0 Å². The van der Waals surface area contributed by atoms with Gasteiger partial charge in [0.15, 0.2) is 5.13 Å². The van der Waals surface area contributed by atoms with Crippen molar-refractivity contribution in [3.05, 3.63) is 41.2 Å². The molecule has 0 atom stereocenters. The van der Waals surface area contributed by atoms with E-state index in [1.54, 1.807) is 11.3 Å². The molecule has 0 aliphatic rings. The fourth-order valence-corrected chi connectivity index (χ4v) is 2.69. The Hall–Kier alpha value is -1.46. The highest BCUT2D eigenvalue weighted by molar-refractivity contribution is 7.13. The predicted molar refractivity (Wildman–Crippen MR) is 85.3 cm³/mol. The Bertz CT molecular complexity index is 498. The molecule has 0 radical (unpaired) electrons. The Balaban J connectivity index is 1.81. The molecule has 2 aromatic rings. The van der Waals surface area contributed by atoms with Crippen molar-refractivity contribution < 1.29 is 0 Å². The van der Waals surface area contributed by atoms with Crippen LogP contribution in [0.2, 0.25) is 0 Å². The lowest BCUT2D eigenvalue weighted by Crippen LogP contribution is -2.20. The standard InChI is InChI=1S/C15H22N4S/c1-3-8-16-11-14-12-20-15(18-14)19(2)10-7-13-6-4-5-9-17-13/h4-6,9,12,16H,3,7-8,10-11H2,1-2H3. The molecule has 20 heavy (non-hydrogen) atoms. The van der Waals surface area contributed by atoms with Gasteiger partial charge in [0.2, 0.25) is 0 Å². The number of likely N-dealkylation sites (N-methyl/N-ethyl adjacent to an activating group) is 1. The van der Waals surface area contributed by atoms with E-state index in [0.717, 1.165) is 49.0 Å². The summed E-state index contributed by atoms with van der Waals surface area (Å²) in [6.45, 7) is 5.01. The zero-order chi connectivity index (χ0) is 14.2. The van der Waals surface area contributed by atoms with Gasteiger partial charge in [-0.05, 0) is 25.1 Å². The third kappa shape index (κ3) is 4.58. The minimum atomic E-state index is 0.860. The highest BCUT2D eigenvalue weighted by Gasteiger charge is 2.07. The van der Waals surface area contributed by atoms with Gasteiger partial charge in [0.25, 0.3) is 0 Å². The molecule has 108 valence electrons. The SMILES string of the molecule is CCCNCc1csc(N(C)CCc2ccccn2)n1. The van der Waals surface area contributed by atoms with E-state index in [2.05, 4.69) is 45.6 Å². The van der Waals surface area contributed by atoms with Gasteiger partial charge in [-0.2, -0.15) is 0 Å². The summed E-state index contributed by atoms with van der Waals surface area (Å²) in [4.78, 5) is 11.2. The summed E-state index contributed by atoms with van der Waals surface area (Å²) in [6, 6.07) is 6.04. The Labute approximate surface area is 124 Å². The molecule has 0 bridgehead atoms. The van der Waals surface area contributed by atoms with Crippen LogP contribution in [0.3, 0.4) is 0 Å². The monoisotopic (exact) mass is 290 g/mol. The van der Waals surface area contributed by atoms with Crippen LogP contribution in [0.15, 0.2) is 29.8 Å². The minimum absolute atomic E-state index is 0.860. The van der Waals surface area contributed by atoms with Gasteiger partial charge in [0.05, 0.1) is 5.69 Å². The van der Waals surface area contributed by atoms with Gasteiger partial charge in [0, 0.05) is 43.8 Å². The largest absolute Gasteiger partial charge is 0.351 e. The van der Waals surface area contributed by atoms with Gasteiger partial charge in [-0.3, -0.25) is 4.98 Å². The molecule has 2 aromatic heterocycles. The number of nitrogens with zero attached hydrogens (tertiary/aromatic N) is 3. The van der Waals surface area contributed by atoms with E-state index in [0.29, 0.717) is 0 Å². The second-order valence-corrected chi connectivity index (χ2v) is 5.63. The number of aromatic nitrogens is 2. The molecule has 0 saturated carbocycles. The molecule has 0 unspecified atom stereocenters. The first-order chi connectivity index (χ1) is 9.79. The fourth-order valence-electron chi connectivity index (χ4n) is 1.87. The van der Waals surface area contributed by atoms with E-state index in [4.69, 9.17) is 0 Å². The molecule has 5 heteroatoms. The maximum atomic E-state index is 4.66. The van der Waals surface area contributed by atoms with Crippen LogP contribution in [0.5, 0.6) is 0 Å². The molecule has 0 amide bonds. The van der Waals surface area contributed by atoms with E-state index >= 15 is 0 Å². The van der Waals surface area contributed by atoms with Crippen molar-refractivity contribution in [3.8, 4) is 0 Å². The van der Waals surface area contributed by atoms with Gasteiger partial charge in [-0.25, -0.2) is 4.98 Å². The number of hydrogen-bond acceptors (Lipinski definition) is 5. The van der Waals surface area contributed by atoms with E-state index < -0.39 is 0 Å². The van der Waals surface area contributed by atoms with Gasteiger partial charge < -0.3 is 10.2 Å². The third-order valence-corrected chi connectivity index (χ3v) is 4.03. The molecular weight excluding hydrogens is 268 g/mol. The van der Waals surface area contributed by atoms with E-state index in [-0.39, 0.29) is 0 Å². The second-order valence-electron chi connectivity index (χ2n) is 4.79. The van der Waals surface area contributed by atoms with Crippen LogP contribution < -0.4 is 10.2 Å². The molecule has 0 aliphatic heterocycles. The fraction of sp³-hybridized carbons (Fsp3) is 0.467. The zero-order valence-corrected chi connectivity index (χ0v) is 13.0. The zero-order valence-electron chi connectivity index (χ0n) is 12.2. The lowest BCUT2D eigenvalue weighted by atomic mass is 10.2. The summed E-state index contributed by atoms with van der Waals surface area (Å²) in [7, 11) is 2.09. The van der Waals surface area contributed by atoms with Crippen molar-refractivity contribution in [1.82, 2.24) is 15.3 Å². The van der Waals surface area contributed by atoms with Gasteiger partial charge in [0.1, 0.15) is 0 Å². The number of pyridine rings is 1. The summed E-state index contributed by atoms with van der Waals surface area (Å²) in [6.07, 6.45) is 3.94. The summed E-state index contributed by atoms with van der Waals surface area (Å²) >= 11 is 1.71. The number of rotatable bonds is 8. The summed E-state index contributed by atoms with van der Waals surface area (Å²) in [5, 5.41) is 6.59.